The normalized spacial score (nSPS) is 11.9. The van der Waals surface area contributed by atoms with Crippen molar-refractivity contribution >= 4 is 28.0 Å². The van der Waals surface area contributed by atoms with Gasteiger partial charge in [0.15, 0.2) is 69.8 Å². The highest BCUT2D eigenvalue weighted by atomic mass is 19.2. The third-order valence-corrected chi connectivity index (χ3v) is 10.2. The second kappa shape index (κ2) is 14.4. The van der Waals surface area contributed by atoms with Crippen molar-refractivity contribution in [2.24, 2.45) is 0 Å². The fourth-order valence-electron chi connectivity index (χ4n) is 7.92. The fourth-order valence-corrected chi connectivity index (χ4v) is 7.92. The number of hydrogen-bond donors (Lipinski definition) is 0. The maximum Gasteiger partial charge on any atom is 0.194 e. The molecule has 0 unspecified atom stereocenters. The van der Waals surface area contributed by atoms with Gasteiger partial charge in [0.1, 0.15) is 6.15 Å². The summed E-state index contributed by atoms with van der Waals surface area (Å²) in [7, 11) is 0. The number of hydrogen-bond acceptors (Lipinski definition) is 0. The van der Waals surface area contributed by atoms with Crippen molar-refractivity contribution in [2.75, 3.05) is 0 Å². The molecule has 282 valence electrons. The van der Waals surface area contributed by atoms with Crippen LogP contribution in [-0.4, -0.2) is 6.15 Å². The molecule has 0 saturated carbocycles. The lowest BCUT2D eigenvalue weighted by molar-refractivity contribution is 0.436. The van der Waals surface area contributed by atoms with E-state index in [2.05, 4.69) is 0 Å². The van der Waals surface area contributed by atoms with Crippen LogP contribution in [0.3, 0.4) is 0 Å². The summed E-state index contributed by atoms with van der Waals surface area (Å²) in [5, 5.41) is 0. The molecule has 13 heteroatoms. The van der Waals surface area contributed by atoms with E-state index in [-0.39, 0.29) is 53.1 Å². The molecule has 0 bridgehead atoms. The van der Waals surface area contributed by atoms with Crippen LogP contribution in [0.4, 0.5) is 52.7 Å². The van der Waals surface area contributed by atoms with Crippen LogP contribution in [0.25, 0.3) is 0 Å². The molecule has 0 N–H and O–H groups in total. The van der Waals surface area contributed by atoms with Gasteiger partial charge in [-0.05, 0) is 22.3 Å². The number of benzene rings is 7. The van der Waals surface area contributed by atoms with Gasteiger partial charge in [-0.1, -0.05) is 133 Å². The molecule has 0 atom stereocenters. The molecule has 7 rings (SSSR count). The molecule has 0 fully saturated rings. The molecular formula is C43H22BF12-. The van der Waals surface area contributed by atoms with Crippen molar-refractivity contribution in [3.8, 4) is 0 Å². The topological polar surface area (TPSA) is 0 Å². The first kappa shape index (κ1) is 38.1. The summed E-state index contributed by atoms with van der Waals surface area (Å²) in [5.74, 6) is -24.4. The van der Waals surface area contributed by atoms with Gasteiger partial charge in [0.05, 0.1) is 5.41 Å². The smallest absolute Gasteiger partial charge is 0.194 e. The van der Waals surface area contributed by atoms with Gasteiger partial charge in [0.2, 0.25) is 0 Å². The van der Waals surface area contributed by atoms with Crippen LogP contribution in [0.2, 0.25) is 0 Å². The summed E-state index contributed by atoms with van der Waals surface area (Å²) >= 11 is 0. The van der Waals surface area contributed by atoms with Gasteiger partial charge in [-0.2, -0.15) is 21.9 Å². The third kappa shape index (κ3) is 5.84. The van der Waals surface area contributed by atoms with Crippen LogP contribution in [0.5, 0.6) is 0 Å². The zero-order chi connectivity index (χ0) is 40.1. The molecule has 56 heavy (non-hydrogen) atoms. The highest BCUT2D eigenvalue weighted by Crippen LogP contribution is 2.46. The van der Waals surface area contributed by atoms with E-state index < -0.39 is 109 Å². The molecule has 7 aromatic rings. The average Bonchev–Trinajstić information content (AvgIpc) is 3.19. The summed E-state index contributed by atoms with van der Waals surface area (Å²) in [6.07, 6.45) is -4.41. The Hall–Kier alpha value is -6.24. The monoisotopic (exact) mass is 777 g/mol. The quantitative estimate of drug-likeness (QED) is 0.0626. The van der Waals surface area contributed by atoms with E-state index in [1.54, 1.807) is 18.2 Å². The molecule has 0 saturated heterocycles. The zero-order valence-electron chi connectivity index (χ0n) is 28.3. The minimum atomic E-state index is -4.41. The highest BCUT2D eigenvalue weighted by molar-refractivity contribution is 7.20. The van der Waals surface area contributed by atoms with E-state index >= 15 is 39.5 Å². The van der Waals surface area contributed by atoms with Crippen LogP contribution in [0.1, 0.15) is 22.3 Å². The van der Waals surface area contributed by atoms with Gasteiger partial charge >= 0.3 is 0 Å². The Morgan fingerprint density at radius 3 is 0.857 bits per heavy atom. The molecule has 0 radical (unpaired) electrons. The largest absolute Gasteiger partial charge is 0.204 e. The van der Waals surface area contributed by atoms with Gasteiger partial charge in [0, 0.05) is 0 Å². The first-order valence-electron chi connectivity index (χ1n) is 16.7. The Kier molecular flexibility index (Phi) is 9.82. The number of rotatable bonds is 8. The number of halogens is 12. The van der Waals surface area contributed by atoms with Crippen LogP contribution in [0.15, 0.2) is 133 Å². The first-order chi connectivity index (χ1) is 26.7. The molecule has 0 aliphatic heterocycles. The summed E-state index contributed by atoms with van der Waals surface area (Å²) in [4.78, 5) is 0. The minimum Gasteiger partial charge on any atom is -0.204 e. The Morgan fingerprint density at radius 2 is 0.571 bits per heavy atom. The van der Waals surface area contributed by atoms with Gasteiger partial charge in [-0.3, -0.25) is 0 Å². The SMILES string of the molecule is Fc1cc([B-](c2cc(F)c(F)c(F)c2)(c2cc(F)c(F)c(F)c2)c2cc(F)c(F)c(F)c2C(c2ccccc2)(c2ccccc2)c2ccccc2)cc(F)c1F. The fraction of sp³-hybridized carbons (Fsp3) is 0.0233. The molecule has 7 aromatic carbocycles. The van der Waals surface area contributed by atoms with Crippen LogP contribution < -0.4 is 21.9 Å². The Bertz CT molecular complexity index is 2310. The molecular weight excluding hydrogens is 755 g/mol. The predicted octanol–water partition coefficient (Wildman–Crippen LogP) is 9.12. The van der Waals surface area contributed by atoms with Gasteiger partial charge < -0.3 is 0 Å². The lowest BCUT2D eigenvalue weighted by Crippen LogP contribution is -2.76. The van der Waals surface area contributed by atoms with E-state index in [1.807, 2.05) is 0 Å². The Labute approximate surface area is 311 Å². The van der Waals surface area contributed by atoms with E-state index in [0.29, 0.717) is 6.07 Å². The summed E-state index contributed by atoms with van der Waals surface area (Å²) in [6, 6.07) is 24.2. The Morgan fingerprint density at radius 1 is 0.304 bits per heavy atom. The van der Waals surface area contributed by atoms with Crippen molar-refractivity contribution in [3.05, 3.63) is 226 Å². The minimum absolute atomic E-state index is 0.109. The van der Waals surface area contributed by atoms with Crippen LogP contribution >= 0.6 is 0 Å². The van der Waals surface area contributed by atoms with Crippen LogP contribution in [-0.2, 0) is 5.41 Å². The second-order valence-corrected chi connectivity index (χ2v) is 13.1. The highest BCUT2D eigenvalue weighted by Gasteiger charge is 2.47. The van der Waals surface area contributed by atoms with Crippen molar-refractivity contribution in [1.82, 2.24) is 0 Å². The Balaban J connectivity index is 1.87. The van der Waals surface area contributed by atoms with Crippen LogP contribution in [0, 0.1) is 69.8 Å². The maximum atomic E-state index is 17.6. The van der Waals surface area contributed by atoms with Gasteiger partial charge in [0.25, 0.3) is 0 Å². The van der Waals surface area contributed by atoms with E-state index in [9.17, 15) is 13.2 Å². The summed E-state index contributed by atoms with van der Waals surface area (Å²) < 4.78 is 187. The van der Waals surface area contributed by atoms with Gasteiger partial charge in [-0.15, -0.1) is 0 Å². The molecule has 0 aliphatic rings. The average molecular weight is 777 g/mol. The summed E-state index contributed by atoms with van der Waals surface area (Å²) in [6.45, 7) is 0. The molecule has 0 spiro atoms. The lowest BCUT2D eigenvalue weighted by Gasteiger charge is -2.49. The molecule has 0 amide bonds. The maximum absolute atomic E-state index is 17.6. The molecule has 0 aromatic heterocycles. The van der Waals surface area contributed by atoms with Gasteiger partial charge in [-0.25, -0.2) is 52.7 Å². The summed E-state index contributed by atoms with van der Waals surface area (Å²) in [5.41, 5.74) is -6.77. The molecule has 0 nitrogen and oxygen atoms in total. The molecule has 0 heterocycles. The third-order valence-electron chi connectivity index (χ3n) is 10.2. The first-order valence-corrected chi connectivity index (χ1v) is 16.7. The zero-order valence-corrected chi connectivity index (χ0v) is 28.3. The van der Waals surface area contributed by atoms with Crippen molar-refractivity contribution in [1.29, 1.82) is 0 Å². The van der Waals surface area contributed by atoms with E-state index in [4.69, 9.17) is 0 Å². The van der Waals surface area contributed by atoms with E-state index in [1.165, 1.54) is 72.8 Å². The standard InChI is InChI=1S/C43H22BF12/c45-30-16-26(17-31(46)38(30)52)44(27-18-32(47)39(53)33(48)19-27,28-20-34(49)40(54)35(50)21-28)29-22-36(51)41(55)42(56)37(29)43(23-10-4-1-5-11-23,24-12-6-2-7-13-24)25-14-8-3-9-15-25/h1-22H/q-1. The van der Waals surface area contributed by atoms with Crippen molar-refractivity contribution in [3.63, 3.8) is 0 Å². The predicted molar refractivity (Wildman–Crippen MR) is 188 cm³/mol. The van der Waals surface area contributed by atoms with Crippen molar-refractivity contribution < 1.29 is 52.7 Å². The molecule has 0 aliphatic carbocycles. The lowest BCUT2D eigenvalue weighted by atomic mass is 9.12. The van der Waals surface area contributed by atoms with Crippen molar-refractivity contribution in [2.45, 2.75) is 5.41 Å². The second-order valence-electron chi connectivity index (χ2n) is 13.1. The van der Waals surface area contributed by atoms with E-state index in [0.717, 1.165) is 0 Å².